The lowest BCUT2D eigenvalue weighted by molar-refractivity contribution is -0.136. The summed E-state index contributed by atoms with van der Waals surface area (Å²) in [6, 6.07) is 17.3. The Bertz CT molecular complexity index is 1170. The Morgan fingerprint density at radius 2 is 2.00 bits per heavy atom. The van der Waals surface area contributed by atoms with Gasteiger partial charge < -0.3 is 25.1 Å². The molecule has 35 heavy (non-hydrogen) atoms. The van der Waals surface area contributed by atoms with E-state index in [0.29, 0.717) is 40.4 Å². The van der Waals surface area contributed by atoms with Crippen LogP contribution in [0.15, 0.2) is 60.7 Å². The van der Waals surface area contributed by atoms with Crippen molar-refractivity contribution < 1.29 is 28.5 Å². The second-order valence-electron chi connectivity index (χ2n) is 8.78. The number of benzene rings is 3. The molecule has 184 valence electrons. The summed E-state index contributed by atoms with van der Waals surface area (Å²) < 4.78 is 33.0. The molecule has 4 rings (SSSR count). The quantitative estimate of drug-likeness (QED) is 0.411. The first-order valence-electron chi connectivity index (χ1n) is 11.8. The molecule has 0 saturated carbocycles. The standard InChI is InChI=1S/C28H30FNO5/c1-18(30)24-8-4-9-25(28(24)29)21-12-19(13-23(14-21)34-17-22-7-5-11-33-22)16-35-26-10-3-2-6-20(26)15-27(31)32/h2-4,6,8-10,12-14,18,22H,5,7,11,15-17,30H2,1H3,(H,31,32)/t18-,22-/m1/s1. The van der Waals surface area contributed by atoms with Crippen LogP contribution in [0.5, 0.6) is 11.5 Å². The Balaban J connectivity index is 1.63. The van der Waals surface area contributed by atoms with Crippen molar-refractivity contribution in [2.45, 2.75) is 44.9 Å². The molecule has 3 aromatic rings. The number of para-hydroxylation sites is 1. The van der Waals surface area contributed by atoms with Crippen molar-refractivity contribution in [2.75, 3.05) is 13.2 Å². The number of carbonyl (C=O) groups is 1. The molecule has 2 atom stereocenters. The monoisotopic (exact) mass is 479 g/mol. The predicted molar refractivity (Wildman–Crippen MR) is 131 cm³/mol. The molecule has 0 aliphatic carbocycles. The van der Waals surface area contributed by atoms with Crippen LogP contribution in [0.3, 0.4) is 0 Å². The van der Waals surface area contributed by atoms with E-state index in [1.165, 1.54) is 0 Å². The molecule has 6 nitrogen and oxygen atoms in total. The molecule has 7 heteroatoms. The van der Waals surface area contributed by atoms with Crippen LogP contribution in [0.25, 0.3) is 11.1 Å². The topological polar surface area (TPSA) is 91.0 Å². The lowest BCUT2D eigenvalue weighted by atomic mass is 9.97. The van der Waals surface area contributed by atoms with Gasteiger partial charge in [-0.3, -0.25) is 4.79 Å². The van der Waals surface area contributed by atoms with Crippen LogP contribution in [0.1, 0.15) is 42.5 Å². The van der Waals surface area contributed by atoms with Gasteiger partial charge in [0.1, 0.15) is 30.5 Å². The number of hydrogen-bond acceptors (Lipinski definition) is 5. The van der Waals surface area contributed by atoms with Crippen LogP contribution in [-0.2, 0) is 22.6 Å². The van der Waals surface area contributed by atoms with Gasteiger partial charge in [-0.15, -0.1) is 0 Å². The summed E-state index contributed by atoms with van der Waals surface area (Å²) in [4.78, 5) is 11.2. The van der Waals surface area contributed by atoms with E-state index in [2.05, 4.69) is 0 Å². The van der Waals surface area contributed by atoms with E-state index in [4.69, 9.17) is 19.9 Å². The summed E-state index contributed by atoms with van der Waals surface area (Å²) in [5, 5.41) is 9.19. The van der Waals surface area contributed by atoms with Gasteiger partial charge in [-0.2, -0.15) is 0 Å². The van der Waals surface area contributed by atoms with Crippen LogP contribution in [-0.4, -0.2) is 30.4 Å². The summed E-state index contributed by atoms with van der Waals surface area (Å²) in [7, 11) is 0. The number of rotatable bonds is 10. The Hall–Kier alpha value is -3.42. The second-order valence-corrected chi connectivity index (χ2v) is 8.78. The first kappa shape index (κ1) is 24.7. The molecule has 1 aliphatic heterocycles. The maximum atomic E-state index is 15.3. The average Bonchev–Trinajstić information content (AvgIpc) is 3.35. The van der Waals surface area contributed by atoms with Gasteiger partial charge in [-0.25, -0.2) is 4.39 Å². The molecule has 0 radical (unpaired) electrons. The van der Waals surface area contributed by atoms with E-state index in [-0.39, 0.29) is 24.9 Å². The van der Waals surface area contributed by atoms with Gasteiger partial charge in [0, 0.05) is 29.3 Å². The Morgan fingerprint density at radius 3 is 2.74 bits per heavy atom. The first-order chi connectivity index (χ1) is 16.9. The number of carboxylic acid groups (broad SMARTS) is 1. The van der Waals surface area contributed by atoms with Crippen LogP contribution >= 0.6 is 0 Å². The minimum atomic E-state index is -0.933. The molecule has 3 N–H and O–H groups in total. The van der Waals surface area contributed by atoms with Crippen molar-refractivity contribution in [1.29, 1.82) is 0 Å². The Kier molecular flexibility index (Phi) is 8.00. The summed E-state index contributed by atoms with van der Waals surface area (Å²) in [6.45, 7) is 3.05. The van der Waals surface area contributed by atoms with Gasteiger partial charge >= 0.3 is 5.97 Å². The smallest absolute Gasteiger partial charge is 0.307 e. The summed E-state index contributed by atoms with van der Waals surface area (Å²) in [6.07, 6.45) is 1.86. The zero-order valence-corrected chi connectivity index (χ0v) is 19.7. The van der Waals surface area contributed by atoms with Gasteiger partial charge in [0.15, 0.2) is 0 Å². The average molecular weight is 480 g/mol. The molecule has 0 unspecified atom stereocenters. The molecule has 0 amide bonds. The SMILES string of the molecule is C[C@@H](N)c1cccc(-c2cc(COc3ccccc3CC(=O)O)cc(OC[C@H]3CCCO3)c2)c1F. The van der Waals surface area contributed by atoms with Gasteiger partial charge in [-0.1, -0.05) is 36.4 Å². The zero-order chi connectivity index (χ0) is 24.8. The fourth-order valence-corrected chi connectivity index (χ4v) is 4.19. The van der Waals surface area contributed by atoms with Gasteiger partial charge in [0.05, 0.1) is 12.5 Å². The van der Waals surface area contributed by atoms with Crippen LogP contribution in [0, 0.1) is 5.82 Å². The minimum Gasteiger partial charge on any atom is -0.491 e. The van der Waals surface area contributed by atoms with Crippen molar-refractivity contribution in [3.05, 3.63) is 83.2 Å². The molecule has 0 aromatic heterocycles. The number of halogens is 1. The number of nitrogens with two attached hydrogens (primary N) is 1. The van der Waals surface area contributed by atoms with Gasteiger partial charge in [0.2, 0.25) is 0 Å². The fraction of sp³-hybridized carbons (Fsp3) is 0.321. The Labute approximate surface area is 204 Å². The van der Waals surface area contributed by atoms with Crippen molar-refractivity contribution in [3.63, 3.8) is 0 Å². The largest absolute Gasteiger partial charge is 0.491 e. The van der Waals surface area contributed by atoms with E-state index >= 15 is 4.39 Å². The van der Waals surface area contributed by atoms with Crippen LogP contribution < -0.4 is 15.2 Å². The van der Waals surface area contributed by atoms with Gasteiger partial charge in [0.25, 0.3) is 0 Å². The molecule has 1 heterocycles. The lowest BCUT2D eigenvalue weighted by Crippen LogP contribution is -2.16. The van der Waals surface area contributed by atoms with Crippen molar-refractivity contribution in [1.82, 2.24) is 0 Å². The zero-order valence-electron chi connectivity index (χ0n) is 19.7. The molecule has 0 bridgehead atoms. The highest BCUT2D eigenvalue weighted by atomic mass is 19.1. The van der Waals surface area contributed by atoms with E-state index in [1.807, 2.05) is 12.1 Å². The van der Waals surface area contributed by atoms with Crippen molar-refractivity contribution in [3.8, 4) is 22.6 Å². The summed E-state index contributed by atoms with van der Waals surface area (Å²) >= 11 is 0. The van der Waals surface area contributed by atoms with Crippen LogP contribution in [0.2, 0.25) is 0 Å². The highest BCUT2D eigenvalue weighted by Gasteiger charge is 2.18. The molecular formula is C28H30FNO5. The van der Waals surface area contributed by atoms with E-state index in [9.17, 15) is 9.90 Å². The maximum absolute atomic E-state index is 15.3. The predicted octanol–water partition coefficient (Wildman–Crippen LogP) is 5.28. The van der Waals surface area contributed by atoms with E-state index in [1.54, 1.807) is 55.5 Å². The van der Waals surface area contributed by atoms with Gasteiger partial charge in [-0.05, 0) is 55.2 Å². The highest BCUT2D eigenvalue weighted by Crippen LogP contribution is 2.32. The first-order valence-corrected chi connectivity index (χ1v) is 11.8. The highest BCUT2D eigenvalue weighted by molar-refractivity contribution is 5.71. The number of hydrogen-bond donors (Lipinski definition) is 2. The number of ether oxygens (including phenoxy) is 3. The lowest BCUT2D eigenvalue weighted by Gasteiger charge is -2.17. The molecular weight excluding hydrogens is 449 g/mol. The number of carboxylic acids is 1. The molecule has 0 spiro atoms. The molecule has 1 saturated heterocycles. The number of aliphatic carboxylic acids is 1. The third-order valence-corrected chi connectivity index (χ3v) is 5.96. The minimum absolute atomic E-state index is 0.0411. The van der Waals surface area contributed by atoms with E-state index < -0.39 is 12.0 Å². The van der Waals surface area contributed by atoms with E-state index in [0.717, 1.165) is 25.0 Å². The normalized spacial score (nSPS) is 16.1. The molecule has 1 aliphatic rings. The van der Waals surface area contributed by atoms with Crippen LogP contribution in [0.4, 0.5) is 4.39 Å². The van der Waals surface area contributed by atoms with Crippen molar-refractivity contribution >= 4 is 5.97 Å². The summed E-state index contributed by atoms with van der Waals surface area (Å²) in [5.74, 6) is -0.219. The third-order valence-electron chi connectivity index (χ3n) is 5.96. The maximum Gasteiger partial charge on any atom is 0.307 e. The third kappa shape index (κ3) is 6.38. The molecule has 3 aromatic carbocycles. The fourth-order valence-electron chi connectivity index (χ4n) is 4.19. The Morgan fingerprint density at radius 1 is 1.17 bits per heavy atom. The summed E-state index contributed by atoms with van der Waals surface area (Å²) in [5.41, 5.74) is 8.82. The second kappa shape index (κ2) is 11.3. The molecule has 1 fully saturated rings. The van der Waals surface area contributed by atoms with Crippen molar-refractivity contribution in [2.24, 2.45) is 5.73 Å².